The lowest BCUT2D eigenvalue weighted by Crippen LogP contribution is -2.30. The fourth-order valence-corrected chi connectivity index (χ4v) is 3.32. The van der Waals surface area contributed by atoms with Crippen LogP contribution in [0.4, 0.5) is 14.9 Å². The van der Waals surface area contributed by atoms with Crippen molar-refractivity contribution in [3.05, 3.63) is 89.3 Å². The van der Waals surface area contributed by atoms with Crippen molar-refractivity contribution >= 4 is 35.6 Å². The Morgan fingerprint density at radius 2 is 1.92 bits per heavy atom. The molecule has 0 atom stereocenters. The van der Waals surface area contributed by atoms with Gasteiger partial charge in [0.15, 0.2) is 6.61 Å². The van der Waals surface area contributed by atoms with Crippen LogP contribution in [0.2, 0.25) is 0 Å². The molecule has 3 aromatic rings. The number of esters is 1. The first-order valence-corrected chi connectivity index (χ1v) is 10.6. The molecule has 0 radical (unpaired) electrons. The van der Waals surface area contributed by atoms with Crippen molar-refractivity contribution in [2.24, 2.45) is 0 Å². The number of nitrogens with one attached hydrogen (secondary N) is 2. The molecule has 4 rings (SSSR count). The number of urea groups is 1. The smallest absolute Gasteiger partial charge is 0.373 e. The molecule has 0 spiro atoms. The van der Waals surface area contributed by atoms with Gasteiger partial charge in [-0.25, -0.2) is 14.0 Å². The lowest BCUT2D eigenvalue weighted by Gasteiger charge is -2.09. The number of benzene rings is 2. The molecule has 11 heteroatoms. The molecular formula is C25H20FN3O7. The molecule has 2 N–H and O–H groups in total. The van der Waals surface area contributed by atoms with E-state index in [1.54, 1.807) is 30.3 Å². The second-order valence-electron chi connectivity index (χ2n) is 7.56. The van der Waals surface area contributed by atoms with Crippen molar-refractivity contribution in [3.63, 3.8) is 0 Å². The summed E-state index contributed by atoms with van der Waals surface area (Å²) < 4.78 is 28.6. The molecule has 2 heterocycles. The molecule has 1 aliphatic heterocycles. The average molecular weight is 493 g/mol. The number of hydrogen-bond acceptors (Lipinski definition) is 7. The van der Waals surface area contributed by atoms with E-state index in [9.17, 15) is 23.6 Å². The Hall–Kier alpha value is -4.93. The number of furan rings is 1. The average Bonchev–Trinajstić information content (AvgIpc) is 3.43. The number of amides is 4. The van der Waals surface area contributed by atoms with Crippen LogP contribution in [0.1, 0.15) is 21.9 Å². The third kappa shape index (κ3) is 5.76. The van der Waals surface area contributed by atoms with Gasteiger partial charge in [0.25, 0.3) is 11.8 Å². The minimum absolute atomic E-state index is 0.0285. The third-order valence-electron chi connectivity index (χ3n) is 4.97. The molecule has 1 saturated heterocycles. The van der Waals surface area contributed by atoms with Gasteiger partial charge in [0, 0.05) is 5.69 Å². The zero-order chi connectivity index (χ0) is 25.7. The summed E-state index contributed by atoms with van der Waals surface area (Å²) in [6.45, 7) is -0.501. The molecule has 0 bridgehead atoms. The maximum atomic E-state index is 13.2. The second kappa shape index (κ2) is 10.6. The van der Waals surface area contributed by atoms with Gasteiger partial charge >= 0.3 is 12.0 Å². The molecule has 0 unspecified atom stereocenters. The van der Waals surface area contributed by atoms with E-state index in [2.05, 4.69) is 15.4 Å². The molecule has 184 valence electrons. The van der Waals surface area contributed by atoms with Crippen LogP contribution in [0, 0.1) is 5.82 Å². The number of methoxy groups -OCH3 is 1. The topological polar surface area (TPSA) is 127 Å². The predicted molar refractivity (Wildman–Crippen MR) is 124 cm³/mol. The number of anilines is 1. The van der Waals surface area contributed by atoms with Crippen LogP contribution in [-0.2, 0) is 20.9 Å². The van der Waals surface area contributed by atoms with E-state index in [-0.39, 0.29) is 30.4 Å². The quantitative estimate of drug-likeness (QED) is 0.280. The number of imide groups is 1. The second-order valence-corrected chi connectivity index (χ2v) is 7.56. The molecule has 0 aliphatic carbocycles. The highest BCUT2D eigenvalue weighted by Crippen LogP contribution is 2.21. The molecule has 0 saturated carbocycles. The van der Waals surface area contributed by atoms with Crippen LogP contribution in [0.25, 0.3) is 6.08 Å². The van der Waals surface area contributed by atoms with E-state index in [0.717, 1.165) is 4.90 Å². The monoisotopic (exact) mass is 493 g/mol. The van der Waals surface area contributed by atoms with Crippen LogP contribution in [0.15, 0.2) is 70.8 Å². The fourth-order valence-electron chi connectivity index (χ4n) is 3.32. The third-order valence-corrected chi connectivity index (χ3v) is 4.97. The first-order valence-electron chi connectivity index (χ1n) is 10.6. The maximum absolute atomic E-state index is 13.2. The van der Waals surface area contributed by atoms with Gasteiger partial charge in [-0.3, -0.25) is 14.5 Å². The van der Waals surface area contributed by atoms with Crippen molar-refractivity contribution in [2.75, 3.05) is 19.0 Å². The first-order chi connectivity index (χ1) is 17.3. The number of ether oxygens (including phenoxy) is 2. The number of nitrogens with zero attached hydrogens (tertiary/aromatic N) is 1. The summed E-state index contributed by atoms with van der Waals surface area (Å²) >= 11 is 0. The molecule has 10 nitrogen and oxygen atoms in total. The highest BCUT2D eigenvalue weighted by molar-refractivity contribution is 6.13. The minimum atomic E-state index is -0.674. The molecule has 1 aliphatic rings. The van der Waals surface area contributed by atoms with Crippen LogP contribution in [0.5, 0.6) is 5.75 Å². The largest absolute Gasteiger partial charge is 0.484 e. The van der Waals surface area contributed by atoms with Crippen molar-refractivity contribution in [3.8, 4) is 5.75 Å². The maximum Gasteiger partial charge on any atom is 0.373 e. The Morgan fingerprint density at radius 1 is 1.11 bits per heavy atom. The summed E-state index contributed by atoms with van der Waals surface area (Å²) in [6.07, 6.45) is 1.46. The van der Waals surface area contributed by atoms with Gasteiger partial charge in [0.2, 0.25) is 5.76 Å². The van der Waals surface area contributed by atoms with Crippen LogP contribution >= 0.6 is 0 Å². The van der Waals surface area contributed by atoms with Crippen molar-refractivity contribution in [1.82, 2.24) is 10.2 Å². The standard InChI is InChI=1S/C25H20FN3O7/c1-34-24(32)21-9-8-19(36-21)13-29-23(31)20(28-25(29)33)11-15-4-2-7-18(10-15)35-14-22(30)27-17-6-3-5-16(26)12-17/h2-12H,13-14H2,1H3,(H,27,30)(H,28,33)/b20-11-. The summed E-state index contributed by atoms with van der Waals surface area (Å²) in [5.41, 5.74) is 0.869. The molecule has 2 aromatic carbocycles. The van der Waals surface area contributed by atoms with Gasteiger partial charge in [-0.2, -0.15) is 0 Å². The SMILES string of the molecule is COC(=O)c1ccc(CN2C(=O)N/C(=C\c3cccc(OCC(=O)Nc4cccc(F)c4)c3)C2=O)o1. The molecule has 1 aromatic heterocycles. The normalized spacial score (nSPS) is 14.1. The summed E-state index contributed by atoms with van der Waals surface area (Å²) in [5.74, 6) is -1.69. The number of hydrogen-bond donors (Lipinski definition) is 2. The summed E-state index contributed by atoms with van der Waals surface area (Å²) in [6, 6.07) is 14.2. The Bertz CT molecular complexity index is 1360. The highest BCUT2D eigenvalue weighted by atomic mass is 19.1. The van der Waals surface area contributed by atoms with E-state index in [1.165, 1.54) is 43.5 Å². The van der Waals surface area contributed by atoms with Crippen molar-refractivity contribution < 1.29 is 37.5 Å². The number of carbonyl (C=O) groups excluding carboxylic acids is 4. The fraction of sp³-hybridized carbons (Fsp3) is 0.120. The van der Waals surface area contributed by atoms with Crippen LogP contribution in [-0.4, -0.2) is 42.4 Å². The molecule has 36 heavy (non-hydrogen) atoms. The van der Waals surface area contributed by atoms with E-state index < -0.39 is 29.6 Å². The number of halogens is 1. The van der Waals surface area contributed by atoms with Gasteiger partial charge in [-0.05, 0) is 54.1 Å². The summed E-state index contributed by atoms with van der Waals surface area (Å²) in [4.78, 5) is 49.6. The van der Waals surface area contributed by atoms with Gasteiger partial charge in [0.05, 0.1) is 13.7 Å². The Morgan fingerprint density at radius 3 is 2.69 bits per heavy atom. The zero-order valence-electron chi connectivity index (χ0n) is 18.9. The van der Waals surface area contributed by atoms with E-state index in [1.807, 2.05) is 0 Å². The van der Waals surface area contributed by atoms with Gasteiger partial charge in [-0.15, -0.1) is 0 Å². The summed E-state index contributed by atoms with van der Waals surface area (Å²) in [7, 11) is 1.21. The lowest BCUT2D eigenvalue weighted by molar-refractivity contribution is -0.123. The number of carbonyl (C=O) groups is 4. The van der Waals surface area contributed by atoms with Crippen LogP contribution in [0.3, 0.4) is 0 Å². The summed E-state index contributed by atoms with van der Waals surface area (Å²) in [5, 5.41) is 5.02. The first kappa shape index (κ1) is 24.2. The Kier molecular flexibility index (Phi) is 7.10. The van der Waals surface area contributed by atoms with Gasteiger partial charge in [-0.1, -0.05) is 18.2 Å². The van der Waals surface area contributed by atoms with E-state index in [0.29, 0.717) is 17.0 Å². The zero-order valence-corrected chi connectivity index (χ0v) is 18.9. The van der Waals surface area contributed by atoms with E-state index in [4.69, 9.17) is 9.15 Å². The number of rotatable bonds is 8. The van der Waals surface area contributed by atoms with E-state index >= 15 is 0 Å². The molecular weight excluding hydrogens is 473 g/mol. The van der Waals surface area contributed by atoms with Gasteiger partial charge < -0.3 is 24.5 Å². The van der Waals surface area contributed by atoms with Crippen molar-refractivity contribution in [2.45, 2.75) is 6.54 Å². The predicted octanol–water partition coefficient (Wildman–Crippen LogP) is 3.32. The lowest BCUT2D eigenvalue weighted by atomic mass is 10.2. The highest BCUT2D eigenvalue weighted by Gasteiger charge is 2.34. The Labute approximate surface area is 204 Å². The minimum Gasteiger partial charge on any atom is -0.484 e. The van der Waals surface area contributed by atoms with Crippen LogP contribution < -0.4 is 15.4 Å². The van der Waals surface area contributed by atoms with Gasteiger partial charge in [0.1, 0.15) is 23.0 Å². The molecule has 4 amide bonds. The Balaban J connectivity index is 1.38. The molecule has 1 fully saturated rings. The van der Waals surface area contributed by atoms with Crippen molar-refractivity contribution in [1.29, 1.82) is 0 Å².